The van der Waals surface area contributed by atoms with Crippen molar-refractivity contribution in [3.63, 3.8) is 0 Å². The summed E-state index contributed by atoms with van der Waals surface area (Å²) in [4.78, 5) is 0. The van der Waals surface area contributed by atoms with E-state index in [9.17, 15) is 4.57 Å². The van der Waals surface area contributed by atoms with Gasteiger partial charge < -0.3 is 4.57 Å². The molecule has 0 N–H and O–H groups in total. The van der Waals surface area contributed by atoms with Crippen molar-refractivity contribution >= 4 is 23.3 Å². The maximum absolute atomic E-state index is 14.5. The van der Waals surface area contributed by atoms with Crippen molar-refractivity contribution < 1.29 is 4.57 Å². The summed E-state index contributed by atoms with van der Waals surface area (Å²) in [5.41, 5.74) is 3.12. The minimum absolute atomic E-state index is 0.682. The highest BCUT2D eigenvalue weighted by atomic mass is 31.2. The Morgan fingerprint density at radius 2 is 1.08 bits per heavy atom. The second kappa shape index (κ2) is 7.72. The lowest BCUT2D eigenvalue weighted by Gasteiger charge is -2.25. The van der Waals surface area contributed by atoms with Crippen LogP contribution in [0.25, 0.3) is 5.57 Å². The molecule has 3 aromatic rings. The highest BCUT2D eigenvalue weighted by Gasteiger charge is 2.33. The van der Waals surface area contributed by atoms with Gasteiger partial charge in [0.2, 0.25) is 0 Å². The topological polar surface area (TPSA) is 17.1 Å². The van der Waals surface area contributed by atoms with Crippen molar-refractivity contribution in [1.82, 2.24) is 0 Å². The predicted molar refractivity (Wildman–Crippen MR) is 114 cm³/mol. The molecule has 3 aromatic carbocycles. The van der Waals surface area contributed by atoms with E-state index in [1.54, 1.807) is 0 Å². The zero-order valence-electron chi connectivity index (χ0n) is 15.2. The third-order valence-corrected chi connectivity index (χ3v) is 7.51. The van der Waals surface area contributed by atoms with E-state index in [0.717, 1.165) is 27.3 Å². The number of benzene rings is 3. The van der Waals surface area contributed by atoms with Crippen LogP contribution in [0.1, 0.15) is 19.4 Å². The molecule has 26 heavy (non-hydrogen) atoms. The minimum atomic E-state index is -3.04. The smallest absolute Gasteiger partial charge is 0.171 e. The molecule has 1 nitrogen and oxygen atoms in total. The van der Waals surface area contributed by atoms with Crippen molar-refractivity contribution in [2.24, 2.45) is 0 Å². The molecule has 0 atom stereocenters. The Morgan fingerprint density at radius 3 is 1.46 bits per heavy atom. The van der Waals surface area contributed by atoms with Crippen molar-refractivity contribution in [2.75, 3.05) is 0 Å². The molecule has 0 fully saturated rings. The van der Waals surface area contributed by atoms with Gasteiger partial charge >= 0.3 is 0 Å². The molecule has 0 aliphatic heterocycles. The fraction of sp³-hybridized carbons (Fsp3) is 0.0833. The summed E-state index contributed by atoms with van der Waals surface area (Å²) < 4.78 is 14.5. The summed E-state index contributed by atoms with van der Waals surface area (Å²) in [6.45, 7) is 8.46. The second-order valence-electron chi connectivity index (χ2n) is 6.47. The van der Waals surface area contributed by atoms with E-state index in [1.165, 1.54) is 0 Å². The zero-order valence-corrected chi connectivity index (χ0v) is 16.1. The molecule has 0 aliphatic carbocycles. The first-order chi connectivity index (χ1) is 12.5. The van der Waals surface area contributed by atoms with E-state index < -0.39 is 7.14 Å². The summed E-state index contributed by atoms with van der Waals surface area (Å²) >= 11 is 0. The molecule has 0 spiro atoms. The molecule has 3 rings (SSSR count). The van der Waals surface area contributed by atoms with Gasteiger partial charge in [-0.1, -0.05) is 103 Å². The van der Waals surface area contributed by atoms with E-state index in [4.69, 9.17) is 0 Å². The highest BCUT2D eigenvalue weighted by molar-refractivity contribution is 7.83. The SMILES string of the molecule is C=C(C(=C(C)C)c1ccccc1)P(=O)(c1ccccc1)c1ccccc1. The van der Waals surface area contributed by atoms with Gasteiger partial charge in [0.05, 0.1) is 0 Å². The Kier molecular flexibility index (Phi) is 5.40. The third kappa shape index (κ3) is 3.36. The normalized spacial score (nSPS) is 11.0. The van der Waals surface area contributed by atoms with Gasteiger partial charge in [0, 0.05) is 15.9 Å². The molecule has 0 saturated heterocycles. The summed E-state index contributed by atoms with van der Waals surface area (Å²) in [6, 6.07) is 29.5. The van der Waals surface area contributed by atoms with Crippen LogP contribution in [0.3, 0.4) is 0 Å². The molecule has 2 heteroatoms. The molecule has 0 saturated carbocycles. The Balaban J connectivity index is 2.25. The molecule has 0 amide bonds. The largest absolute Gasteiger partial charge is 0.309 e. The molecule has 0 bridgehead atoms. The van der Waals surface area contributed by atoms with Crippen LogP contribution in [-0.4, -0.2) is 0 Å². The minimum Gasteiger partial charge on any atom is -0.309 e. The summed E-state index contributed by atoms with van der Waals surface area (Å²) in [5.74, 6) is 0. The molecule has 0 heterocycles. The van der Waals surface area contributed by atoms with Crippen molar-refractivity contribution in [2.45, 2.75) is 13.8 Å². The molecular weight excluding hydrogens is 335 g/mol. The Labute approximate surface area is 156 Å². The van der Waals surface area contributed by atoms with E-state index >= 15 is 0 Å². The third-order valence-electron chi connectivity index (χ3n) is 4.47. The summed E-state index contributed by atoms with van der Waals surface area (Å²) in [5, 5.41) is 2.30. The van der Waals surface area contributed by atoms with Gasteiger partial charge in [-0.15, -0.1) is 0 Å². The summed E-state index contributed by atoms with van der Waals surface area (Å²) in [7, 11) is -3.04. The maximum atomic E-state index is 14.5. The highest BCUT2D eigenvalue weighted by Crippen LogP contribution is 2.56. The van der Waals surface area contributed by atoms with E-state index in [-0.39, 0.29) is 0 Å². The fourth-order valence-electron chi connectivity index (χ4n) is 3.24. The van der Waals surface area contributed by atoms with Crippen LogP contribution < -0.4 is 10.6 Å². The van der Waals surface area contributed by atoms with Crippen LogP contribution in [0.15, 0.2) is 108 Å². The zero-order chi connectivity index (χ0) is 18.6. The van der Waals surface area contributed by atoms with Gasteiger partial charge in [-0.2, -0.15) is 0 Å². The Hall–Kier alpha value is -2.63. The molecule has 0 aliphatic rings. The number of rotatable bonds is 5. The van der Waals surface area contributed by atoms with E-state index in [2.05, 4.69) is 6.58 Å². The van der Waals surface area contributed by atoms with Crippen LogP contribution in [0, 0.1) is 0 Å². The fourth-order valence-corrected chi connectivity index (χ4v) is 6.02. The monoisotopic (exact) mass is 358 g/mol. The van der Waals surface area contributed by atoms with Crippen molar-refractivity contribution in [3.05, 3.63) is 114 Å². The molecular formula is C24H23OP. The van der Waals surface area contributed by atoms with Gasteiger partial charge in [0.15, 0.2) is 7.14 Å². The van der Waals surface area contributed by atoms with Crippen LogP contribution in [0.2, 0.25) is 0 Å². The first-order valence-electron chi connectivity index (χ1n) is 8.69. The number of hydrogen-bond donors (Lipinski definition) is 0. The van der Waals surface area contributed by atoms with Gasteiger partial charge in [0.1, 0.15) is 0 Å². The second-order valence-corrected chi connectivity index (χ2v) is 9.26. The summed E-state index contributed by atoms with van der Waals surface area (Å²) in [6.07, 6.45) is 0. The van der Waals surface area contributed by atoms with Gasteiger partial charge in [0.25, 0.3) is 0 Å². The van der Waals surface area contributed by atoms with Gasteiger partial charge in [-0.3, -0.25) is 0 Å². The van der Waals surface area contributed by atoms with Crippen molar-refractivity contribution in [1.29, 1.82) is 0 Å². The quantitative estimate of drug-likeness (QED) is 0.403. The van der Waals surface area contributed by atoms with Crippen LogP contribution in [0.5, 0.6) is 0 Å². The molecule has 130 valence electrons. The van der Waals surface area contributed by atoms with E-state index in [0.29, 0.717) is 5.31 Å². The lowest BCUT2D eigenvalue weighted by atomic mass is 10.0. The molecule has 0 aromatic heterocycles. The van der Waals surface area contributed by atoms with E-state index in [1.807, 2.05) is 105 Å². The van der Waals surface area contributed by atoms with Gasteiger partial charge in [-0.25, -0.2) is 0 Å². The number of hydrogen-bond acceptors (Lipinski definition) is 1. The average molecular weight is 358 g/mol. The van der Waals surface area contributed by atoms with Crippen molar-refractivity contribution in [3.8, 4) is 0 Å². The number of allylic oxidation sites excluding steroid dienone is 3. The first-order valence-corrected chi connectivity index (χ1v) is 10.4. The standard InChI is InChI=1S/C24H23OP/c1-19(2)24(21-13-7-4-8-14-21)20(3)26(25,22-15-9-5-10-16-22)23-17-11-6-12-18-23/h4-18H,3H2,1-2H3. The molecule has 0 radical (unpaired) electrons. The van der Waals surface area contributed by atoms with Crippen LogP contribution in [-0.2, 0) is 4.57 Å². The van der Waals surface area contributed by atoms with Crippen LogP contribution in [0.4, 0.5) is 0 Å². The lowest BCUT2D eigenvalue weighted by Crippen LogP contribution is -2.18. The predicted octanol–water partition coefficient (Wildman–Crippen LogP) is 6.01. The van der Waals surface area contributed by atoms with Crippen LogP contribution >= 0.6 is 7.14 Å². The Morgan fingerprint density at radius 1 is 0.692 bits per heavy atom. The first kappa shape index (κ1) is 18.2. The average Bonchev–Trinajstić information content (AvgIpc) is 2.69. The maximum Gasteiger partial charge on any atom is 0.171 e. The molecule has 0 unspecified atom stereocenters. The van der Waals surface area contributed by atoms with Gasteiger partial charge in [-0.05, 0) is 25.0 Å². The lowest BCUT2D eigenvalue weighted by molar-refractivity contribution is 0.591. The Bertz CT molecular complexity index is 923.